The predicted octanol–water partition coefficient (Wildman–Crippen LogP) is 0.418. The Bertz CT molecular complexity index is 381. The van der Waals surface area contributed by atoms with Gasteiger partial charge in [0.2, 0.25) is 11.8 Å². The van der Waals surface area contributed by atoms with Crippen LogP contribution in [0.4, 0.5) is 0 Å². The Morgan fingerprint density at radius 3 is 2.61 bits per heavy atom. The quantitative estimate of drug-likeness (QED) is 0.400. The Morgan fingerprint density at radius 1 is 1.22 bits per heavy atom. The van der Waals surface area contributed by atoms with Gasteiger partial charge < -0.3 is 24.9 Å². The number of hydrogen-bond acceptors (Lipinski definition) is 5. The lowest BCUT2D eigenvalue weighted by molar-refractivity contribution is -0.131. The molecule has 0 aromatic rings. The largest absolute Gasteiger partial charge is 0.380 e. The zero-order valence-electron chi connectivity index (χ0n) is 14.0. The van der Waals surface area contributed by atoms with Crippen LogP contribution in [0, 0.1) is 5.92 Å². The molecule has 2 amide bonds. The fourth-order valence-electron chi connectivity index (χ4n) is 2.26. The molecule has 0 unspecified atom stereocenters. The molecule has 0 radical (unpaired) electrons. The first-order valence-corrected chi connectivity index (χ1v) is 8.23. The van der Waals surface area contributed by atoms with E-state index in [9.17, 15) is 14.4 Å². The van der Waals surface area contributed by atoms with E-state index in [-0.39, 0.29) is 36.3 Å². The molecular formula is C16H28N2O5. The summed E-state index contributed by atoms with van der Waals surface area (Å²) in [5, 5.41) is 5.72. The molecule has 132 valence electrons. The molecule has 2 N–H and O–H groups in total. The highest BCUT2D eigenvalue weighted by molar-refractivity contribution is 5.81. The van der Waals surface area contributed by atoms with Gasteiger partial charge in [0.1, 0.15) is 6.29 Å². The summed E-state index contributed by atoms with van der Waals surface area (Å²) in [6, 6.07) is 0.0696. The molecular weight excluding hydrogens is 300 g/mol. The van der Waals surface area contributed by atoms with Crippen molar-refractivity contribution in [3.8, 4) is 0 Å². The summed E-state index contributed by atoms with van der Waals surface area (Å²) in [5.41, 5.74) is 0. The summed E-state index contributed by atoms with van der Waals surface area (Å²) in [7, 11) is 0. The first-order chi connectivity index (χ1) is 11.0. The molecule has 0 saturated heterocycles. The molecule has 0 heterocycles. The van der Waals surface area contributed by atoms with Gasteiger partial charge in [0.25, 0.3) is 0 Å². The monoisotopic (exact) mass is 328 g/mol. The number of aldehydes is 1. The predicted molar refractivity (Wildman–Crippen MR) is 84.9 cm³/mol. The molecule has 0 aliphatic heterocycles. The second kappa shape index (κ2) is 11.1. The highest BCUT2D eigenvalue weighted by Gasteiger charge is 2.34. The van der Waals surface area contributed by atoms with Gasteiger partial charge in [0, 0.05) is 31.3 Å². The van der Waals surface area contributed by atoms with Crippen LogP contribution in [0.2, 0.25) is 0 Å². The number of amides is 2. The molecule has 1 saturated carbocycles. The van der Waals surface area contributed by atoms with Crippen LogP contribution in [0.15, 0.2) is 0 Å². The van der Waals surface area contributed by atoms with E-state index in [4.69, 9.17) is 9.47 Å². The van der Waals surface area contributed by atoms with Gasteiger partial charge in [0.15, 0.2) is 0 Å². The number of hydrogen-bond donors (Lipinski definition) is 2. The van der Waals surface area contributed by atoms with Gasteiger partial charge in [0.05, 0.1) is 25.9 Å². The number of nitrogens with one attached hydrogen (secondary N) is 2. The van der Waals surface area contributed by atoms with E-state index < -0.39 is 0 Å². The lowest BCUT2D eigenvalue weighted by atomic mass is 9.79. The average molecular weight is 328 g/mol. The third-order valence-corrected chi connectivity index (χ3v) is 3.58. The van der Waals surface area contributed by atoms with E-state index in [2.05, 4.69) is 10.6 Å². The third kappa shape index (κ3) is 8.66. The lowest BCUT2D eigenvalue weighted by Crippen LogP contribution is -2.49. The Kier molecular flexibility index (Phi) is 9.47. The zero-order valence-corrected chi connectivity index (χ0v) is 14.0. The molecule has 1 rings (SSSR count). The summed E-state index contributed by atoms with van der Waals surface area (Å²) >= 11 is 0. The minimum atomic E-state index is -0.0784. The Labute approximate surface area is 137 Å². The summed E-state index contributed by atoms with van der Waals surface area (Å²) in [5.74, 6) is -0.0754. The first kappa shape index (κ1) is 19.6. The molecule has 23 heavy (non-hydrogen) atoms. The molecule has 1 aliphatic rings. The van der Waals surface area contributed by atoms with Crippen LogP contribution in [0.5, 0.6) is 0 Å². The molecule has 1 fully saturated rings. The van der Waals surface area contributed by atoms with E-state index in [1.54, 1.807) is 0 Å². The van der Waals surface area contributed by atoms with E-state index in [0.717, 1.165) is 6.29 Å². The van der Waals surface area contributed by atoms with Crippen LogP contribution in [0.25, 0.3) is 0 Å². The van der Waals surface area contributed by atoms with Crippen LogP contribution >= 0.6 is 0 Å². The van der Waals surface area contributed by atoms with Crippen molar-refractivity contribution in [1.29, 1.82) is 0 Å². The maximum Gasteiger partial charge on any atom is 0.223 e. The van der Waals surface area contributed by atoms with Gasteiger partial charge >= 0.3 is 0 Å². The molecule has 0 aromatic heterocycles. The standard InChI is InChI=1S/C16H28N2O5/c1-12(2)23-9-5-17-16(21)13-10-14(11-13)18-15(20)4-8-22-7-3-6-19/h6,12-14H,3-5,7-11H2,1-2H3,(H,17,21)(H,18,20). The van der Waals surface area contributed by atoms with Crippen molar-refractivity contribution in [1.82, 2.24) is 10.6 Å². The Morgan fingerprint density at radius 2 is 1.96 bits per heavy atom. The molecule has 0 aromatic carbocycles. The van der Waals surface area contributed by atoms with Gasteiger partial charge in [-0.05, 0) is 26.7 Å². The molecule has 0 atom stereocenters. The number of carbonyl (C=O) groups is 3. The van der Waals surface area contributed by atoms with E-state index in [1.165, 1.54) is 0 Å². The SMILES string of the molecule is CC(C)OCCNC(=O)C1CC(NC(=O)CCOCCC=O)C1. The summed E-state index contributed by atoms with van der Waals surface area (Å²) < 4.78 is 10.5. The van der Waals surface area contributed by atoms with Gasteiger partial charge in [-0.3, -0.25) is 9.59 Å². The van der Waals surface area contributed by atoms with Crippen molar-refractivity contribution in [2.45, 2.75) is 51.7 Å². The maximum absolute atomic E-state index is 11.8. The van der Waals surface area contributed by atoms with Gasteiger partial charge in [-0.1, -0.05) is 0 Å². The number of rotatable bonds is 12. The Balaban J connectivity index is 2.01. The average Bonchev–Trinajstić information content (AvgIpc) is 2.46. The van der Waals surface area contributed by atoms with Crippen LogP contribution in [0.3, 0.4) is 0 Å². The summed E-state index contributed by atoms with van der Waals surface area (Å²) in [6.45, 7) is 5.60. The minimum Gasteiger partial charge on any atom is -0.380 e. The zero-order chi connectivity index (χ0) is 17.1. The fraction of sp³-hybridized carbons (Fsp3) is 0.812. The highest BCUT2D eigenvalue weighted by Crippen LogP contribution is 2.27. The molecule has 7 heteroatoms. The van der Waals surface area contributed by atoms with Crippen molar-refractivity contribution in [2.24, 2.45) is 5.92 Å². The molecule has 7 nitrogen and oxygen atoms in total. The van der Waals surface area contributed by atoms with Crippen molar-refractivity contribution in [2.75, 3.05) is 26.4 Å². The van der Waals surface area contributed by atoms with Crippen molar-refractivity contribution < 1.29 is 23.9 Å². The van der Waals surface area contributed by atoms with E-state index in [0.29, 0.717) is 45.6 Å². The van der Waals surface area contributed by atoms with Gasteiger partial charge in [-0.25, -0.2) is 0 Å². The van der Waals surface area contributed by atoms with E-state index in [1.807, 2.05) is 13.8 Å². The number of carbonyl (C=O) groups excluding carboxylic acids is 3. The van der Waals surface area contributed by atoms with Gasteiger partial charge in [-0.2, -0.15) is 0 Å². The highest BCUT2D eigenvalue weighted by atomic mass is 16.5. The Hall–Kier alpha value is -1.47. The second-order valence-corrected chi connectivity index (χ2v) is 5.96. The fourth-order valence-corrected chi connectivity index (χ4v) is 2.26. The normalized spacial score (nSPS) is 20.0. The van der Waals surface area contributed by atoms with Crippen LogP contribution in [0.1, 0.15) is 39.5 Å². The lowest BCUT2D eigenvalue weighted by Gasteiger charge is -2.34. The van der Waals surface area contributed by atoms with Crippen molar-refractivity contribution >= 4 is 18.1 Å². The first-order valence-electron chi connectivity index (χ1n) is 8.23. The second-order valence-electron chi connectivity index (χ2n) is 5.96. The topological polar surface area (TPSA) is 93.7 Å². The van der Waals surface area contributed by atoms with Crippen LogP contribution in [-0.4, -0.2) is 56.6 Å². The van der Waals surface area contributed by atoms with Crippen LogP contribution < -0.4 is 10.6 Å². The number of ether oxygens (including phenoxy) is 2. The molecule has 0 spiro atoms. The summed E-state index contributed by atoms with van der Waals surface area (Å²) in [6.07, 6.45) is 2.93. The smallest absolute Gasteiger partial charge is 0.223 e. The van der Waals surface area contributed by atoms with E-state index >= 15 is 0 Å². The van der Waals surface area contributed by atoms with Gasteiger partial charge in [-0.15, -0.1) is 0 Å². The van der Waals surface area contributed by atoms with Crippen molar-refractivity contribution in [3.63, 3.8) is 0 Å². The van der Waals surface area contributed by atoms with Crippen molar-refractivity contribution in [3.05, 3.63) is 0 Å². The minimum absolute atomic E-state index is 0.0248. The molecule has 0 bridgehead atoms. The maximum atomic E-state index is 11.8. The summed E-state index contributed by atoms with van der Waals surface area (Å²) in [4.78, 5) is 33.6. The van der Waals surface area contributed by atoms with Crippen LogP contribution in [-0.2, 0) is 23.9 Å². The molecule has 1 aliphatic carbocycles. The third-order valence-electron chi connectivity index (χ3n) is 3.58.